The number of rotatable bonds is 5. The summed E-state index contributed by atoms with van der Waals surface area (Å²) in [5.74, 6) is 1.19. The first-order valence-electron chi connectivity index (χ1n) is 7.01. The molecule has 0 aliphatic carbocycles. The van der Waals surface area contributed by atoms with Crippen molar-refractivity contribution in [1.29, 1.82) is 0 Å². The molecule has 22 heavy (non-hydrogen) atoms. The summed E-state index contributed by atoms with van der Waals surface area (Å²) in [6.45, 7) is 1.45. The van der Waals surface area contributed by atoms with Crippen LogP contribution in [0.5, 0.6) is 0 Å². The van der Waals surface area contributed by atoms with Crippen LogP contribution in [-0.4, -0.2) is 22.1 Å². The third-order valence-corrected chi connectivity index (χ3v) is 3.79. The minimum Gasteiger partial charge on any atom is -0.419 e. The standard InChI is InChI=1S/C17H16BrN3O/c1-21(11-13-7-9-15(18)10-8-13)12-16-19-20-17(22-16)14-5-3-2-4-6-14/h2-10H,11-12H2,1H3. The molecule has 0 aliphatic rings. The molecule has 3 aromatic rings. The van der Waals surface area contributed by atoms with Crippen molar-refractivity contribution in [1.82, 2.24) is 15.1 Å². The molecule has 112 valence electrons. The molecule has 0 fully saturated rings. The topological polar surface area (TPSA) is 42.2 Å². The van der Waals surface area contributed by atoms with Crippen molar-refractivity contribution in [2.75, 3.05) is 7.05 Å². The molecule has 0 bridgehead atoms. The molecule has 3 rings (SSSR count). The highest BCUT2D eigenvalue weighted by atomic mass is 79.9. The van der Waals surface area contributed by atoms with Gasteiger partial charge >= 0.3 is 0 Å². The molecule has 4 nitrogen and oxygen atoms in total. The SMILES string of the molecule is CN(Cc1ccc(Br)cc1)Cc1nnc(-c2ccccc2)o1. The zero-order valence-corrected chi connectivity index (χ0v) is 13.8. The first-order valence-corrected chi connectivity index (χ1v) is 7.81. The summed E-state index contributed by atoms with van der Waals surface area (Å²) in [7, 11) is 2.04. The highest BCUT2D eigenvalue weighted by molar-refractivity contribution is 9.10. The maximum absolute atomic E-state index is 5.73. The van der Waals surface area contributed by atoms with E-state index in [-0.39, 0.29) is 0 Å². The van der Waals surface area contributed by atoms with E-state index < -0.39 is 0 Å². The molecule has 0 N–H and O–H groups in total. The lowest BCUT2D eigenvalue weighted by Crippen LogP contribution is -2.17. The molecule has 1 heterocycles. The molecule has 0 spiro atoms. The molecule has 0 amide bonds. The van der Waals surface area contributed by atoms with Crippen molar-refractivity contribution < 1.29 is 4.42 Å². The van der Waals surface area contributed by atoms with E-state index >= 15 is 0 Å². The molecular weight excluding hydrogens is 342 g/mol. The van der Waals surface area contributed by atoms with Crippen LogP contribution >= 0.6 is 15.9 Å². The quantitative estimate of drug-likeness (QED) is 0.688. The van der Waals surface area contributed by atoms with Crippen LogP contribution in [0.15, 0.2) is 63.5 Å². The van der Waals surface area contributed by atoms with Crippen molar-refractivity contribution in [2.24, 2.45) is 0 Å². The van der Waals surface area contributed by atoms with Crippen LogP contribution in [0, 0.1) is 0 Å². The van der Waals surface area contributed by atoms with Gasteiger partial charge in [0.25, 0.3) is 0 Å². The van der Waals surface area contributed by atoms with Gasteiger partial charge in [-0.2, -0.15) is 0 Å². The van der Waals surface area contributed by atoms with Crippen LogP contribution < -0.4 is 0 Å². The fourth-order valence-corrected chi connectivity index (χ4v) is 2.47. The maximum atomic E-state index is 5.73. The summed E-state index contributed by atoms with van der Waals surface area (Å²) in [6.07, 6.45) is 0. The van der Waals surface area contributed by atoms with E-state index in [0.29, 0.717) is 18.3 Å². The second-order valence-electron chi connectivity index (χ2n) is 5.17. The van der Waals surface area contributed by atoms with E-state index in [9.17, 15) is 0 Å². The molecular formula is C17H16BrN3O. The summed E-state index contributed by atoms with van der Waals surface area (Å²) < 4.78 is 6.81. The number of benzene rings is 2. The lowest BCUT2D eigenvalue weighted by atomic mass is 10.2. The van der Waals surface area contributed by atoms with Gasteiger partial charge in [-0.05, 0) is 36.9 Å². The van der Waals surface area contributed by atoms with Crippen LogP contribution in [0.1, 0.15) is 11.5 Å². The Labute approximate surface area is 137 Å². The molecule has 2 aromatic carbocycles. The second kappa shape index (κ2) is 6.85. The minimum absolute atomic E-state index is 0.563. The van der Waals surface area contributed by atoms with Gasteiger partial charge in [0.1, 0.15) is 0 Å². The van der Waals surface area contributed by atoms with Crippen molar-refractivity contribution in [3.05, 3.63) is 70.5 Å². The predicted molar refractivity (Wildman–Crippen MR) is 89.0 cm³/mol. The van der Waals surface area contributed by atoms with Gasteiger partial charge < -0.3 is 4.42 Å². The Kier molecular flexibility index (Phi) is 4.65. The first kappa shape index (κ1) is 14.9. The molecule has 0 radical (unpaired) electrons. The lowest BCUT2D eigenvalue weighted by Gasteiger charge is -2.14. The smallest absolute Gasteiger partial charge is 0.247 e. The number of nitrogens with zero attached hydrogens (tertiary/aromatic N) is 3. The molecule has 5 heteroatoms. The van der Waals surface area contributed by atoms with E-state index in [4.69, 9.17) is 4.42 Å². The van der Waals surface area contributed by atoms with Gasteiger partial charge in [-0.1, -0.05) is 46.3 Å². The highest BCUT2D eigenvalue weighted by Crippen LogP contribution is 2.18. The van der Waals surface area contributed by atoms with Gasteiger partial charge in [0.15, 0.2) is 0 Å². The number of aromatic nitrogens is 2. The van der Waals surface area contributed by atoms with Crippen LogP contribution in [0.3, 0.4) is 0 Å². The summed E-state index contributed by atoms with van der Waals surface area (Å²) in [5, 5.41) is 8.23. The van der Waals surface area contributed by atoms with Crippen LogP contribution in [0.2, 0.25) is 0 Å². The van der Waals surface area contributed by atoms with E-state index in [0.717, 1.165) is 16.6 Å². The maximum Gasteiger partial charge on any atom is 0.247 e. The Morgan fingerprint density at radius 2 is 1.68 bits per heavy atom. The third kappa shape index (κ3) is 3.81. The van der Waals surface area contributed by atoms with E-state index in [1.807, 2.05) is 49.5 Å². The molecule has 0 aliphatic heterocycles. The molecule has 0 saturated heterocycles. The summed E-state index contributed by atoms with van der Waals surface area (Å²) in [6, 6.07) is 18.1. The van der Waals surface area contributed by atoms with E-state index in [2.05, 4.69) is 43.2 Å². The van der Waals surface area contributed by atoms with Crippen molar-refractivity contribution in [3.8, 4) is 11.5 Å². The Balaban J connectivity index is 1.63. The highest BCUT2D eigenvalue weighted by Gasteiger charge is 2.10. The lowest BCUT2D eigenvalue weighted by molar-refractivity contribution is 0.283. The third-order valence-electron chi connectivity index (χ3n) is 3.26. The number of hydrogen-bond donors (Lipinski definition) is 0. The Morgan fingerprint density at radius 3 is 2.41 bits per heavy atom. The normalized spacial score (nSPS) is 11.0. The van der Waals surface area contributed by atoms with Gasteiger partial charge in [-0.15, -0.1) is 10.2 Å². The van der Waals surface area contributed by atoms with Crippen molar-refractivity contribution >= 4 is 15.9 Å². The number of hydrogen-bond acceptors (Lipinski definition) is 4. The summed E-state index contributed by atoms with van der Waals surface area (Å²) in [5.41, 5.74) is 2.19. The summed E-state index contributed by atoms with van der Waals surface area (Å²) >= 11 is 3.44. The van der Waals surface area contributed by atoms with Crippen molar-refractivity contribution in [2.45, 2.75) is 13.1 Å². The van der Waals surface area contributed by atoms with E-state index in [1.165, 1.54) is 5.56 Å². The first-order chi connectivity index (χ1) is 10.7. The average Bonchev–Trinajstić information content (AvgIpc) is 2.99. The Morgan fingerprint density at radius 1 is 0.955 bits per heavy atom. The molecule has 0 atom stereocenters. The monoisotopic (exact) mass is 357 g/mol. The van der Waals surface area contributed by atoms with Crippen LogP contribution in [0.4, 0.5) is 0 Å². The zero-order chi connectivity index (χ0) is 15.4. The van der Waals surface area contributed by atoms with Crippen LogP contribution in [0.25, 0.3) is 11.5 Å². The van der Waals surface area contributed by atoms with Gasteiger partial charge in [-0.3, -0.25) is 4.90 Å². The van der Waals surface area contributed by atoms with Crippen LogP contribution in [-0.2, 0) is 13.1 Å². The second-order valence-corrected chi connectivity index (χ2v) is 6.08. The zero-order valence-electron chi connectivity index (χ0n) is 12.2. The van der Waals surface area contributed by atoms with Gasteiger partial charge in [0.05, 0.1) is 6.54 Å². The van der Waals surface area contributed by atoms with Gasteiger partial charge in [0, 0.05) is 16.6 Å². The average molecular weight is 358 g/mol. The minimum atomic E-state index is 0.563. The molecule has 0 unspecified atom stereocenters. The number of halogens is 1. The largest absolute Gasteiger partial charge is 0.419 e. The van der Waals surface area contributed by atoms with Gasteiger partial charge in [-0.25, -0.2) is 0 Å². The fraction of sp³-hybridized carbons (Fsp3) is 0.176. The molecule has 0 saturated carbocycles. The summed E-state index contributed by atoms with van der Waals surface area (Å²) in [4.78, 5) is 2.14. The molecule has 1 aromatic heterocycles. The van der Waals surface area contributed by atoms with E-state index in [1.54, 1.807) is 0 Å². The van der Waals surface area contributed by atoms with Crippen molar-refractivity contribution in [3.63, 3.8) is 0 Å². The Bertz CT molecular complexity index is 725. The van der Waals surface area contributed by atoms with Gasteiger partial charge in [0.2, 0.25) is 11.8 Å². The fourth-order valence-electron chi connectivity index (χ4n) is 2.20. The predicted octanol–water partition coefficient (Wildman–Crippen LogP) is 4.13. The Hall–Kier alpha value is -1.98.